The molecule has 0 aromatic rings. The van der Waals surface area contributed by atoms with E-state index in [-0.39, 0.29) is 0 Å². The second-order valence-electron chi connectivity index (χ2n) is 6.10. The van der Waals surface area contributed by atoms with Crippen molar-refractivity contribution in [3.05, 3.63) is 0 Å². The molecular weight excluding hydrogens is 180 g/mol. The Morgan fingerprint density at radius 2 is 1.60 bits per heavy atom. The number of hydrogen-bond donors (Lipinski definition) is 0. The standard InChI is InChI=1S/C15H30/c1-7-13-9-15(13)14(8-2)12(6)11(5)10(3)4/h10-15H,7-9H2,1-6H3. The van der Waals surface area contributed by atoms with E-state index in [0.29, 0.717) is 0 Å². The zero-order valence-corrected chi connectivity index (χ0v) is 11.6. The monoisotopic (exact) mass is 210 g/mol. The fourth-order valence-corrected chi connectivity index (χ4v) is 3.33. The normalized spacial score (nSPS) is 31.4. The van der Waals surface area contributed by atoms with Crippen LogP contribution in [0.2, 0.25) is 0 Å². The van der Waals surface area contributed by atoms with E-state index in [1.54, 1.807) is 0 Å². The summed E-state index contributed by atoms with van der Waals surface area (Å²) in [4.78, 5) is 0. The van der Waals surface area contributed by atoms with E-state index in [1.165, 1.54) is 19.3 Å². The first-order chi connectivity index (χ1) is 7.02. The first-order valence-corrected chi connectivity index (χ1v) is 7.02. The molecular formula is C15H30. The summed E-state index contributed by atoms with van der Waals surface area (Å²) in [5.74, 6) is 5.76. The van der Waals surface area contributed by atoms with Crippen LogP contribution in [0.15, 0.2) is 0 Å². The zero-order chi connectivity index (χ0) is 11.6. The molecule has 0 radical (unpaired) electrons. The highest BCUT2D eigenvalue weighted by atomic mass is 14.5. The maximum absolute atomic E-state index is 2.49. The summed E-state index contributed by atoms with van der Waals surface area (Å²) in [7, 11) is 0. The molecule has 0 nitrogen and oxygen atoms in total. The van der Waals surface area contributed by atoms with Gasteiger partial charge in [-0.3, -0.25) is 0 Å². The molecule has 1 fully saturated rings. The summed E-state index contributed by atoms with van der Waals surface area (Å²) in [6.07, 6.45) is 4.31. The van der Waals surface area contributed by atoms with Gasteiger partial charge in [-0.05, 0) is 41.9 Å². The van der Waals surface area contributed by atoms with Gasteiger partial charge < -0.3 is 0 Å². The summed E-state index contributed by atoms with van der Waals surface area (Å²) >= 11 is 0. The summed E-state index contributed by atoms with van der Waals surface area (Å²) < 4.78 is 0. The minimum Gasteiger partial charge on any atom is -0.0651 e. The molecule has 15 heavy (non-hydrogen) atoms. The van der Waals surface area contributed by atoms with Crippen LogP contribution in [-0.4, -0.2) is 0 Å². The van der Waals surface area contributed by atoms with Crippen molar-refractivity contribution in [2.75, 3.05) is 0 Å². The van der Waals surface area contributed by atoms with Crippen molar-refractivity contribution in [1.82, 2.24) is 0 Å². The van der Waals surface area contributed by atoms with Crippen molar-refractivity contribution in [1.29, 1.82) is 0 Å². The molecule has 1 saturated carbocycles. The second-order valence-corrected chi connectivity index (χ2v) is 6.10. The smallest absolute Gasteiger partial charge is 0.0352 e. The molecule has 0 aromatic heterocycles. The van der Waals surface area contributed by atoms with Crippen LogP contribution >= 0.6 is 0 Å². The van der Waals surface area contributed by atoms with Gasteiger partial charge in [0.2, 0.25) is 0 Å². The lowest BCUT2D eigenvalue weighted by Gasteiger charge is -2.31. The third-order valence-corrected chi connectivity index (χ3v) is 5.08. The third-order valence-electron chi connectivity index (χ3n) is 5.08. The average Bonchev–Trinajstić information content (AvgIpc) is 2.96. The zero-order valence-electron chi connectivity index (χ0n) is 11.6. The number of hydrogen-bond acceptors (Lipinski definition) is 0. The van der Waals surface area contributed by atoms with Crippen molar-refractivity contribution in [2.24, 2.45) is 35.5 Å². The van der Waals surface area contributed by atoms with Crippen molar-refractivity contribution >= 4 is 0 Å². The van der Waals surface area contributed by atoms with Crippen LogP contribution in [-0.2, 0) is 0 Å². The van der Waals surface area contributed by atoms with E-state index >= 15 is 0 Å². The van der Waals surface area contributed by atoms with E-state index in [4.69, 9.17) is 0 Å². The Balaban J connectivity index is 2.51. The van der Waals surface area contributed by atoms with Crippen molar-refractivity contribution in [3.63, 3.8) is 0 Å². The van der Waals surface area contributed by atoms with E-state index in [2.05, 4.69) is 41.5 Å². The van der Waals surface area contributed by atoms with Crippen LogP contribution in [0.25, 0.3) is 0 Å². The van der Waals surface area contributed by atoms with Gasteiger partial charge in [0, 0.05) is 0 Å². The molecule has 0 aliphatic heterocycles. The van der Waals surface area contributed by atoms with Crippen LogP contribution in [0.4, 0.5) is 0 Å². The maximum Gasteiger partial charge on any atom is -0.0352 e. The molecule has 0 aromatic carbocycles. The fourth-order valence-electron chi connectivity index (χ4n) is 3.33. The topological polar surface area (TPSA) is 0 Å². The van der Waals surface area contributed by atoms with E-state index < -0.39 is 0 Å². The molecule has 1 aliphatic rings. The Labute approximate surface area is 96.8 Å². The minimum atomic E-state index is 0.841. The Hall–Kier alpha value is 0. The lowest BCUT2D eigenvalue weighted by molar-refractivity contribution is 0.181. The molecule has 90 valence electrons. The Kier molecular flexibility index (Phi) is 4.67. The van der Waals surface area contributed by atoms with Crippen LogP contribution in [0.5, 0.6) is 0 Å². The molecule has 0 spiro atoms. The third kappa shape index (κ3) is 2.98. The molecule has 1 aliphatic carbocycles. The predicted octanol–water partition coefficient (Wildman–Crippen LogP) is 4.99. The van der Waals surface area contributed by atoms with Crippen molar-refractivity contribution < 1.29 is 0 Å². The number of rotatable bonds is 6. The van der Waals surface area contributed by atoms with Gasteiger partial charge in [0.15, 0.2) is 0 Å². The largest absolute Gasteiger partial charge is 0.0651 e. The van der Waals surface area contributed by atoms with Crippen molar-refractivity contribution in [3.8, 4) is 0 Å². The minimum absolute atomic E-state index is 0.841. The average molecular weight is 210 g/mol. The van der Waals surface area contributed by atoms with Crippen LogP contribution in [0, 0.1) is 35.5 Å². The Morgan fingerprint density at radius 1 is 1.00 bits per heavy atom. The van der Waals surface area contributed by atoms with Crippen LogP contribution in [0.3, 0.4) is 0 Å². The van der Waals surface area contributed by atoms with Gasteiger partial charge in [-0.15, -0.1) is 0 Å². The SMILES string of the molecule is CCC1CC1C(CC)C(C)C(C)C(C)C. The molecule has 5 atom stereocenters. The summed E-state index contributed by atoms with van der Waals surface area (Å²) in [5, 5.41) is 0. The molecule has 0 heteroatoms. The molecule has 0 bridgehead atoms. The predicted molar refractivity (Wildman–Crippen MR) is 68.8 cm³/mol. The Morgan fingerprint density at radius 3 is 1.93 bits per heavy atom. The summed E-state index contributed by atoms with van der Waals surface area (Å²) in [6, 6.07) is 0. The van der Waals surface area contributed by atoms with Crippen LogP contribution < -0.4 is 0 Å². The highest BCUT2D eigenvalue weighted by Crippen LogP contribution is 2.51. The molecule has 0 saturated heterocycles. The summed E-state index contributed by atoms with van der Waals surface area (Å²) in [5.41, 5.74) is 0. The molecule has 0 amide bonds. The maximum atomic E-state index is 2.49. The lowest BCUT2D eigenvalue weighted by Crippen LogP contribution is -2.24. The van der Waals surface area contributed by atoms with Gasteiger partial charge in [-0.25, -0.2) is 0 Å². The highest BCUT2D eigenvalue weighted by Gasteiger charge is 2.43. The van der Waals surface area contributed by atoms with Crippen LogP contribution in [0.1, 0.15) is 60.8 Å². The summed E-state index contributed by atoms with van der Waals surface area (Å²) in [6.45, 7) is 14.4. The molecule has 0 heterocycles. The molecule has 5 unspecified atom stereocenters. The van der Waals surface area contributed by atoms with E-state index in [0.717, 1.165) is 35.5 Å². The first kappa shape index (κ1) is 13.1. The van der Waals surface area contributed by atoms with Crippen molar-refractivity contribution in [2.45, 2.75) is 60.8 Å². The second kappa shape index (κ2) is 5.37. The Bertz CT molecular complexity index is 182. The first-order valence-electron chi connectivity index (χ1n) is 7.02. The van der Waals surface area contributed by atoms with Gasteiger partial charge in [0.1, 0.15) is 0 Å². The van der Waals surface area contributed by atoms with Gasteiger partial charge in [-0.2, -0.15) is 0 Å². The van der Waals surface area contributed by atoms with Gasteiger partial charge >= 0.3 is 0 Å². The molecule has 0 N–H and O–H groups in total. The lowest BCUT2D eigenvalue weighted by atomic mass is 9.75. The quantitative estimate of drug-likeness (QED) is 0.579. The van der Waals surface area contributed by atoms with E-state index in [9.17, 15) is 0 Å². The van der Waals surface area contributed by atoms with Gasteiger partial charge in [0.25, 0.3) is 0 Å². The fraction of sp³-hybridized carbons (Fsp3) is 1.00. The van der Waals surface area contributed by atoms with Gasteiger partial charge in [-0.1, -0.05) is 54.4 Å². The van der Waals surface area contributed by atoms with Gasteiger partial charge in [0.05, 0.1) is 0 Å². The van der Waals surface area contributed by atoms with E-state index in [1.807, 2.05) is 0 Å². The molecule has 1 rings (SSSR count). The highest BCUT2D eigenvalue weighted by molar-refractivity contribution is 4.92.